The SMILES string of the molecule is Cc1ccc(Nc2nnc(SCC(=O)N3c4ccccc4C[C@@H]3C)s2)cc1. The highest BCUT2D eigenvalue weighted by atomic mass is 32.2. The van der Waals surface area contributed by atoms with Crippen molar-refractivity contribution in [1.82, 2.24) is 10.2 Å². The maximum atomic E-state index is 12.8. The molecule has 5 nitrogen and oxygen atoms in total. The molecule has 0 bridgehead atoms. The fraction of sp³-hybridized carbons (Fsp3) is 0.250. The zero-order chi connectivity index (χ0) is 18.8. The van der Waals surface area contributed by atoms with Crippen LogP contribution in [0.3, 0.4) is 0 Å². The van der Waals surface area contributed by atoms with Crippen molar-refractivity contribution < 1.29 is 4.79 Å². The molecule has 27 heavy (non-hydrogen) atoms. The number of anilines is 3. The van der Waals surface area contributed by atoms with E-state index < -0.39 is 0 Å². The Labute approximate surface area is 166 Å². The number of benzene rings is 2. The van der Waals surface area contributed by atoms with Crippen molar-refractivity contribution in [3.8, 4) is 0 Å². The molecular formula is C20H20N4OS2. The van der Waals surface area contributed by atoms with Crippen LogP contribution in [0, 0.1) is 6.92 Å². The second-order valence-electron chi connectivity index (χ2n) is 6.60. The number of fused-ring (bicyclic) bond motifs is 1. The number of amides is 1. The third-order valence-electron chi connectivity index (χ3n) is 4.50. The van der Waals surface area contributed by atoms with Crippen LogP contribution < -0.4 is 10.2 Å². The Morgan fingerprint density at radius 2 is 2.00 bits per heavy atom. The van der Waals surface area contributed by atoms with Crippen LogP contribution in [0.5, 0.6) is 0 Å². The third kappa shape index (κ3) is 3.99. The van der Waals surface area contributed by atoms with Gasteiger partial charge in [0.05, 0.1) is 5.75 Å². The van der Waals surface area contributed by atoms with Gasteiger partial charge in [0.15, 0.2) is 4.34 Å². The summed E-state index contributed by atoms with van der Waals surface area (Å²) < 4.78 is 0.790. The topological polar surface area (TPSA) is 58.1 Å². The number of aryl methyl sites for hydroxylation is 1. The van der Waals surface area contributed by atoms with Gasteiger partial charge in [-0.15, -0.1) is 10.2 Å². The van der Waals surface area contributed by atoms with Crippen molar-refractivity contribution in [2.45, 2.75) is 30.6 Å². The first-order chi connectivity index (χ1) is 13.1. The van der Waals surface area contributed by atoms with Gasteiger partial charge >= 0.3 is 0 Å². The monoisotopic (exact) mass is 396 g/mol. The predicted molar refractivity (Wildman–Crippen MR) is 112 cm³/mol. The lowest BCUT2D eigenvalue weighted by Gasteiger charge is -2.22. The Hall–Kier alpha value is -2.38. The maximum Gasteiger partial charge on any atom is 0.237 e. The number of nitrogens with one attached hydrogen (secondary N) is 1. The molecular weight excluding hydrogens is 376 g/mol. The molecule has 0 aliphatic carbocycles. The van der Waals surface area contributed by atoms with Gasteiger partial charge in [0, 0.05) is 17.4 Å². The van der Waals surface area contributed by atoms with Gasteiger partial charge in [-0.2, -0.15) is 0 Å². The normalized spacial score (nSPS) is 15.6. The Morgan fingerprint density at radius 3 is 2.81 bits per heavy atom. The molecule has 0 spiro atoms. The first-order valence-corrected chi connectivity index (χ1v) is 10.6. The van der Waals surface area contributed by atoms with Gasteiger partial charge in [0.1, 0.15) is 0 Å². The molecule has 1 aliphatic rings. The van der Waals surface area contributed by atoms with Crippen LogP contribution in [0.1, 0.15) is 18.1 Å². The minimum atomic E-state index is 0.112. The molecule has 0 unspecified atom stereocenters. The molecule has 2 heterocycles. The smallest absolute Gasteiger partial charge is 0.237 e. The summed E-state index contributed by atoms with van der Waals surface area (Å²) in [6, 6.07) is 16.5. The number of hydrogen-bond donors (Lipinski definition) is 1. The average Bonchev–Trinajstić information content (AvgIpc) is 3.24. The summed E-state index contributed by atoms with van der Waals surface area (Å²) in [6.07, 6.45) is 0.913. The minimum Gasteiger partial charge on any atom is -0.330 e. The average molecular weight is 397 g/mol. The summed E-state index contributed by atoms with van der Waals surface area (Å²) in [6.45, 7) is 4.15. The largest absolute Gasteiger partial charge is 0.330 e. The number of nitrogens with zero attached hydrogens (tertiary/aromatic N) is 3. The van der Waals surface area contributed by atoms with E-state index in [2.05, 4.69) is 35.4 Å². The van der Waals surface area contributed by atoms with Gasteiger partial charge < -0.3 is 10.2 Å². The zero-order valence-corrected chi connectivity index (χ0v) is 16.8. The van der Waals surface area contributed by atoms with E-state index in [4.69, 9.17) is 0 Å². The standard InChI is InChI=1S/C20H20N4OS2/c1-13-7-9-16(10-8-13)21-19-22-23-20(27-19)26-12-18(25)24-14(2)11-15-5-3-4-6-17(15)24/h3-10,14H,11-12H2,1-2H3,(H,21,22)/t14-/m0/s1. The Bertz CT molecular complexity index is 955. The molecule has 1 aromatic heterocycles. The van der Waals surface area contributed by atoms with E-state index >= 15 is 0 Å². The van der Waals surface area contributed by atoms with Crippen molar-refractivity contribution in [2.24, 2.45) is 0 Å². The third-order valence-corrected chi connectivity index (χ3v) is 6.46. The van der Waals surface area contributed by atoms with Crippen LogP contribution in [0.25, 0.3) is 0 Å². The van der Waals surface area contributed by atoms with E-state index in [1.165, 1.54) is 34.2 Å². The summed E-state index contributed by atoms with van der Waals surface area (Å²) in [4.78, 5) is 14.7. The maximum absolute atomic E-state index is 12.8. The molecule has 3 aromatic rings. The number of carbonyl (C=O) groups is 1. The van der Waals surface area contributed by atoms with Gasteiger partial charge in [0.25, 0.3) is 0 Å². The van der Waals surface area contributed by atoms with E-state index in [-0.39, 0.29) is 11.9 Å². The van der Waals surface area contributed by atoms with Gasteiger partial charge in [-0.05, 0) is 44.0 Å². The molecule has 1 aliphatic heterocycles. The molecule has 2 aromatic carbocycles. The molecule has 0 radical (unpaired) electrons. The van der Waals surface area contributed by atoms with Crippen LogP contribution in [0.15, 0.2) is 52.9 Å². The van der Waals surface area contributed by atoms with Crippen molar-refractivity contribution in [3.63, 3.8) is 0 Å². The van der Waals surface area contributed by atoms with Gasteiger partial charge in [-0.1, -0.05) is 59.0 Å². The summed E-state index contributed by atoms with van der Waals surface area (Å²) in [5.74, 6) is 0.471. The summed E-state index contributed by atoms with van der Waals surface area (Å²) >= 11 is 2.90. The van der Waals surface area contributed by atoms with Crippen LogP contribution in [-0.2, 0) is 11.2 Å². The number of rotatable bonds is 5. The minimum absolute atomic E-state index is 0.112. The molecule has 0 fully saturated rings. The predicted octanol–water partition coefficient (Wildman–Crippen LogP) is 4.66. The van der Waals surface area contributed by atoms with Gasteiger partial charge in [-0.3, -0.25) is 4.79 Å². The molecule has 1 amide bonds. The Balaban J connectivity index is 1.37. The van der Waals surface area contributed by atoms with Crippen molar-refractivity contribution in [2.75, 3.05) is 16.0 Å². The van der Waals surface area contributed by atoms with Crippen LogP contribution in [0.4, 0.5) is 16.5 Å². The van der Waals surface area contributed by atoms with Crippen molar-refractivity contribution in [1.29, 1.82) is 0 Å². The molecule has 1 N–H and O–H groups in total. The first-order valence-electron chi connectivity index (χ1n) is 8.80. The lowest BCUT2D eigenvalue weighted by Crippen LogP contribution is -2.36. The molecule has 0 saturated heterocycles. The Kier molecular flexibility index (Phi) is 5.13. The summed E-state index contributed by atoms with van der Waals surface area (Å²) in [5.41, 5.74) is 4.47. The van der Waals surface area contributed by atoms with Gasteiger partial charge in [-0.25, -0.2) is 0 Å². The van der Waals surface area contributed by atoms with E-state index in [0.717, 1.165) is 27.3 Å². The number of carbonyl (C=O) groups excluding carboxylic acids is 1. The fourth-order valence-electron chi connectivity index (χ4n) is 3.22. The lowest BCUT2D eigenvalue weighted by atomic mass is 10.1. The molecule has 0 saturated carbocycles. The number of para-hydroxylation sites is 1. The number of thioether (sulfide) groups is 1. The molecule has 1 atom stereocenters. The highest BCUT2D eigenvalue weighted by Gasteiger charge is 2.30. The van der Waals surface area contributed by atoms with E-state index in [1.807, 2.05) is 47.4 Å². The molecule has 7 heteroatoms. The lowest BCUT2D eigenvalue weighted by molar-refractivity contribution is -0.116. The highest BCUT2D eigenvalue weighted by Crippen LogP contribution is 2.33. The number of hydrogen-bond acceptors (Lipinski definition) is 6. The molecule has 138 valence electrons. The van der Waals surface area contributed by atoms with Crippen LogP contribution in [-0.4, -0.2) is 27.9 Å². The van der Waals surface area contributed by atoms with E-state index in [0.29, 0.717) is 5.75 Å². The Morgan fingerprint density at radius 1 is 1.22 bits per heavy atom. The molecule has 4 rings (SSSR count). The van der Waals surface area contributed by atoms with E-state index in [9.17, 15) is 4.79 Å². The second-order valence-corrected chi connectivity index (χ2v) is 8.80. The fourth-order valence-corrected chi connectivity index (χ4v) is 4.85. The number of aromatic nitrogens is 2. The van der Waals surface area contributed by atoms with E-state index in [1.54, 1.807) is 0 Å². The quantitative estimate of drug-likeness (QED) is 0.636. The van der Waals surface area contributed by atoms with Crippen LogP contribution in [0.2, 0.25) is 0 Å². The van der Waals surface area contributed by atoms with Crippen molar-refractivity contribution >= 4 is 45.5 Å². The summed E-state index contributed by atoms with van der Waals surface area (Å²) in [5, 5.41) is 12.3. The van der Waals surface area contributed by atoms with Gasteiger partial charge in [0.2, 0.25) is 11.0 Å². The first kappa shape index (κ1) is 18.0. The second kappa shape index (κ2) is 7.70. The summed E-state index contributed by atoms with van der Waals surface area (Å²) in [7, 11) is 0. The zero-order valence-electron chi connectivity index (χ0n) is 15.2. The van der Waals surface area contributed by atoms with Crippen LogP contribution >= 0.6 is 23.1 Å². The van der Waals surface area contributed by atoms with Crippen molar-refractivity contribution in [3.05, 3.63) is 59.7 Å². The highest BCUT2D eigenvalue weighted by molar-refractivity contribution is 8.01.